The van der Waals surface area contributed by atoms with Crippen molar-refractivity contribution < 1.29 is 14.6 Å². The molecule has 1 rings (SSSR count). The molecule has 0 fully saturated rings. The molecule has 0 aliphatic rings. The van der Waals surface area contributed by atoms with E-state index < -0.39 is 5.97 Å². The minimum atomic E-state index is -0.944. The van der Waals surface area contributed by atoms with Crippen LogP contribution in [-0.2, 0) is 11.3 Å². The number of aromatic carboxylic acids is 1. The first kappa shape index (κ1) is 16.6. The van der Waals surface area contributed by atoms with Crippen molar-refractivity contribution in [1.82, 2.24) is 9.88 Å². The summed E-state index contributed by atoms with van der Waals surface area (Å²) in [6.45, 7) is 6.61. The molecule has 0 radical (unpaired) electrons. The third-order valence-electron chi connectivity index (χ3n) is 3.48. The molecule has 0 saturated carbocycles. The van der Waals surface area contributed by atoms with Gasteiger partial charge in [0.25, 0.3) is 0 Å². The Morgan fingerprint density at radius 2 is 2.10 bits per heavy atom. The minimum absolute atomic E-state index is 0.222. The van der Waals surface area contributed by atoms with Crippen LogP contribution in [0.2, 0.25) is 0 Å². The van der Waals surface area contributed by atoms with Crippen LogP contribution in [0.25, 0.3) is 0 Å². The van der Waals surface area contributed by atoms with Gasteiger partial charge in [-0.25, -0.2) is 4.79 Å². The van der Waals surface area contributed by atoms with Crippen molar-refractivity contribution in [2.45, 2.75) is 39.3 Å². The maximum Gasteiger partial charge on any atom is 0.337 e. The molecule has 0 amide bonds. The van der Waals surface area contributed by atoms with Gasteiger partial charge in [0.2, 0.25) is 0 Å². The highest BCUT2D eigenvalue weighted by Crippen LogP contribution is 2.12. The summed E-state index contributed by atoms with van der Waals surface area (Å²) in [6, 6.07) is 3.88. The molecule has 1 N–H and O–H groups in total. The fourth-order valence-corrected chi connectivity index (χ4v) is 2.26. The van der Waals surface area contributed by atoms with Gasteiger partial charge in [-0.3, -0.25) is 9.88 Å². The molecule has 20 heavy (non-hydrogen) atoms. The standard InChI is InChI=1S/C15H24N2O3/c1-4-14(5-2)17(8-9-20-3)11-13-7-6-12(10-16-13)15(18)19/h6-7,10,14H,4-5,8-9,11H2,1-3H3,(H,18,19). The molecule has 0 unspecified atom stereocenters. The van der Waals surface area contributed by atoms with E-state index in [9.17, 15) is 4.79 Å². The van der Waals surface area contributed by atoms with Crippen LogP contribution in [0.1, 0.15) is 42.7 Å². The summed E-state index contributed by atoms with van der Waals surface area (Å²) >= 11 is 0. The quantitative estimate of drug-likeness (QED) is 0.752. The van der Waals surface area contributed by atoms with E-state index in [0.717, 1.165) is 31.6 Å². The molecule has 1 aromatic heterocycles. The predicted molar refractivity (Wildman–Crippen MR) is 77.9 cm³/mol. The predicted octanol–water partition coefficient (Wildman–Crippen LogP) is 2.42. The Bertz CT molecular complexity index is 402. The van der Waals surface area contributed by atoms with Gasteiger partial charge in [0.05, 0.1) is 17.9 Å². The fourth-order valence-electron chi connectivity index (χ4n) is 2.26. The number of nitrogens with zero attached hydrogens (tertiary/aromatic N) is 2. The van der Waals surface area contributed by atoms with Gasteiger partial charge in [-0.15, -0.1) is 0 Å². The number of carboxylic acid groups (broad SMARTS) is 1. The maximum atomic E-state index is 10.8. The van der Waals surface area contributed by atoms with Crippen molar-refractivity contribution in [3.63, 3.8) is 0 Å². The summed E-state index contributed by atoms with van der Waals surface area (Å²) in [5.41, 5.74) is 1.11. The zero-order valence-electron chi connectivity index (χ0n) is 12.5. The lowest BCUT2D eigenvalue weighted by Crippen LogP contribution is -2.36. The Balaban J connectivity index is 2.74. The SMILES string of the molecule is CCC(CC)N(CCOC)Cc1ccc(C(=O)O)cn1. The van der Waals surface area contributed by atoms with Crippen molar-refractivity contribution in [1.29, 1.82) is 0 Å². The number of carbonyl (C=O) groups is 1. The molecule has 0 spiro atoms. The number of hydrogen-bond acceptors (Lipinski definition) is 4. The van der Waals surface area contributed by atoms with Crippen molar-refractivity contribution in [2.24, 2.45) is 0 Å². The molecule has 0 aromatic carbocycles. The Labute approximate surface area is 120 Å². The molecule has 0 aliphatic heterocycles. The molecule has 0 saturated heterocycles. The van der Waals surface area contributed by atoms with Gasteiger partial charge in [0, 0.05) is 32.4 Å². The third kappa shape index (κ3) is 4.90. The van der Waals surface area contributed by atoms with Gasteiger partial charge in [-0.1, -0.05) is 13.8 Å². The van der Waals surface area contributed by atoms with Gasteiger partial charge >= 0.3 is 5.97 Å². The van der Waals surface area contributed by atoms with Crippen LogP contribution in [0.5, 0.6) is 0 Å². The highest BCUT2D eigenvalue weighted by molar-refractivity contribution is 5.87. The second-order valence-corrected chi connectivity index (χ2v) is 4.78. The Hall–Kier alpha value is -1.46. The van der Waals surface area contributed by atoms with Crippen LogP contribution < -0.4 is 0 Å². The van der Waals surface area contributed by atoms with Gasteiger partial charge < -0.3 is 9.84 Å². The highest BCUT2D eigenvalue weighted by atomic mass is 16.5. The average molecular weight is 280 g/mol. The topological polar surface area (TPSA) is 62.7 Å². The summed E-state index contributed by atoms with van der Waals surface area (Å²) in [6.07, 6.45) is 3.57. The number of ether oxygens (including phenoxy) is 1. The summed E-state index contributed by atoms with van der Waals surface area (Å²) in [4.78, 5) is 17.4. The van der Waals surface area contributed by atoms with Gasteiger partial charge in [0.1, 0.15) is 0 Å². The number of aromatic nitrogens is 1. The minimum Gasteiger partial charge on any atom is -0.478 e. The molecular weight excluding hydrogens is 256 g/mol. The summed E-state index contributed by atoms with van der Waals surface area (Å²) in [5.74, 6) is -0.944. The summed E-state index contributed by atoms with van der Waals surface area (Å²) in [5, 5.41) is 8.87. The van der Waals surface area contributed by atoms with E-state index in [-0.39, 0.29) is 5.56 Å². The van der Waals surface area contributed by atoms with E-state index in [1.54, 1.807) is 19.2 Å². The molecule has 0 bridgehead atoms. The van der Waals surface area contributed by atoms with Gasteiger partial charge in [0.15, 0.2) is 0 Å². The van der Waals surface area contributed by atoms with Crippen molar-refractivity contribution in [3.05, 3.63) is 29.6 Å². The zero-order valence-corrected chi connectivity index (χ0v) is 12.5. The van der Waals surface area contributed by atoms with Crippen LogP contribution in [-0.4, -0.2) is 47.3 Å². The highest BCUT2D eigenvalue weighted by Gasteiger charge is 2.16. The van der Waals surface area contributed by atoms with Gasteiger partial charge in [-0.05, 0) is 25.0 Å². The van der Waals surface area contributed by atoms with Crippen LogP contribution in [0.4, 0.5) is 0 Å². The number of rotatable bonds is 9. The third-order valence-corrected chi connectivity index (χ3v) is 3.48. The second kappa shape index (κ2) is 8.66. The van der Waals surface area contributed by atoms with E-state index >= 15 is 0 Å². The van der Waals surface area contributed by atoms with Crippen molar-refractivity contribution in [2.75, 3.05) is 20.3 Å². The molecule has 0 atom stereocenters. The molecular formula is C15H24N2O3. The van der Waals surface area contributed by atoms with Crippen LogP contribution >= 0.6 is 0 Å². The second-order valence-electron chi connectivity index (χ2n) is 4.78. The number of hydrogen-bond donors (Lipinski definition) is 1. The summed E-state index contributed by atoms with van der Waals surface area (Å²) in [7, 11) is 1.70. The van der Waals surface area contributed by atoms with E-state index in [4.69, 9.17) is 9.84 Å². The van der Waals surface area contributed by atoms with E-state index in [0.29, 0.717) is 12.6 Å². The first-order valence-corrected chi connectivity index (χ1v) is 7.03. The normalized spacial score (nSPS) is 11.2. The van der Waals surface area contributed by atoms with Crippen molar-refractivity contribution in [3.8, 4) is 0 Å². The monoisotopic (exact) mass is 280 g/mol. The molecule has 112 valence electrons. The van der Waals surface area contributed by atoms with E-state index in [1.807, 2.05) is 0 Å². The van der Waals surface area contributed by atoms with Crippen LogP contribution in [0, 0.1) is 0 Å². The Morgan fingerprint density at radius 1 is 1.40 bits per heavy atom. The molecule has 1 aromatic rings. The molecule has 1 heterocycles. The smallest absolute Gasteiger partial charge is 0.337 e. The van der Waals surface area contributed by atoms with E-state index in [2.05, 4.69) is 23.7 Å². The number of methoxy groups -OCH3 is 1. The largest absolute Gasteiger partial charge is 0.478 e. The maximum absolute atomic E-state index is 10.8. The summed E-state index contributed by atoms with van der Waals surface area (Å²) < 4.78 is 5.16. The lowest BCUT2D eigenvalue weighted by Gasteiger charge is -2.29. The first-order chi connectivity index (χ1) is 9.62. The molecule has 5 heteroatoms. The lowest BCUT2D eigenvalue weighted by molar-refractivity contribution is 0.0696. The average Bonchev–Trinajstić information content (AvgIpc) is 2.46. The fraction of sp³-hybridized carbons (Fsp3) is 0.600. The first-order valence-electron chi connectivity index (χ1n) is 7.03. The lowest BCUT2D eigenvalue weighted by atomic mass is 10.1. The van der Waals surface area contributed by atoms with Gasteiger partial charge in [-0.2, -0.15) is 0 Å². The zero-order chi connectivity index (χ0) is 15.0. The Kier molecular flexibility index (Phi) is 7.18. The van der Waals surface area contributed by atoms with E-state index in [1.165, 1.54) is 6.20 Å². The molecule has 5 nitrogen and oxygen atoms in total. The number of pyridine rings is 1. The molecule has 0 aliphatic carbocycles. The van der Waals surface area contributed by atoms with Crippen LogP contribution in [0.3, 0.4) is 0 Å². The Morgan fingerprint density at radius 3 is 2.55 bits per heavy atom. The number of carboxylic acids is 1. The van der Waals surface area contributed by atoms with Crippen LogP contribution in [0.15, 0.2) is 18.3 Å². The van der Waals surface area contributed by atoms with Crippen molar-refractivity contribution >= 4 is 5.97 Å².